The fourth-order valence-electron chi connectivity index (χ4n) is 2.43. The Hall–Kier alpha value is -1.83. The molecule has 1 atom stereocenters. The van der Waals surface area contributed by atoms with Crippen molar-refractivity contribution in [2.24, 2.45) is 5.92 Å². The van der Waals surface area contributed by atoms with Gasteiger partial charge >= 0.3 is 12.2 Å². The number of alkyl halides is 3. The Labute approximate surface area is 124 Å². The summed E-state index contributed by atoms with van der Waals surface area (Å²) in [7, 11) is 0. The van der Waals surface area contributed by atoms with E-state index in [0.29, 0.717) is 31.6 Å². The number of aliphatic hydroxyl groups excluding tert-OH is 1. The molecule has 0 saturated carbocycles. The average molecular weight is 320 g/mol. The van der Waals surface area contributed by atoms with Gasteiger partial charge in [0.1, 0.15) is 5.82 Å². The molecule has 1 unspecified atom stereocenters. The number of aliphatic hydroxyl groups is 1. The molecule has 1 aromatic rings. The molecule has 1 saturated heterocycles. The van der Waals surface area contributed by atoms with Crippen molar-refractivity contribution in [1.29, 1.82) is 0 Å². The second-order valence-corrected chi connectivity index (χ2v) is 5.29. The lowest BCUT2D eigenvalue weighted by Crippen LogP contribution is -2.43. The Balaban J connectivity index is 2.10. The summed E-state index contributed by atoms with van der Waals surface area (Å²) in [5.41, 5.74) is -1.40. The number of rotatable bonds is 2. The summed E-state index contributed by atoms with van der Waals surface area (Å²) >= 11 is 0. The molecule has 2 rings (SSSR count). The molecule has 122 valence electrons. The molecular weight excluding hydrogens is 304 g/mol. The van der Waals surface area contributed by atoms with Crippen LogP contribution in [0.2, 0.25) is 0 Å². The van der Waals surface area contributed by atoms with Gasteiger partial charge in [-0.25, -0.2) is 9.18 Å². The minimum absolute atomic E-state index is 0.0438. The van der Waals surface area contributed by atoms with Crippen molar-refractivity contribution in [3.05, 3.63) is 29.6 Å². The molecule has 0 spiro atoms. The molecule has 0 aromatic heterocycles. The van der Waals surface area contributed by atoms with Gasteiger partial charge in [-0.3, -0.25) is 0 Å². The van der Waals surface area contributed by atoms with Crippen LogP contribution in [0.15, 0.2) is 18.2 Å². The molecule has 1 aliphatic rings. The summed E-state index contributed by atoms with van der Waals surface area (Å²) in [5, 5.41) is 11.4. The van der Waals surface area contributed by atoms with Crippen molar-refractivity contribution in [3.63, 3.8) is 0 Å². The largest absolute Gasteiger partial charge is 0.416 e. The number of nitrogens with zero attached hydrogens (tertiary/aromatic N) is 1. The highest BCUT2D eigenvalue weighted by molar-refractivity contribution is 5.89. The molecular formula is C14H16F4N2O2. The van der Waals surface area contributed by atoms with E-state index in [-0.39, 0.29) is 18.2 Å². The molecule has 4 nitrogen and oxygen atoms in total. The molecule has 0 radical (unpaired) electrons. The van der Waals surface area contributed by atoms with Gasteiger partial charge in [-0.05, 0) is 37.0 Å². The quantitative estimate of drug-likeness (QED) is 0.823. The summed E-state index contributed by atoms with van der Waals surface area (Å²) in [6.07, 6.45) is -3.19. The van der Waals surface area contributed by atoms with Gasteiger partial charge in [0.25, 0.3) is 0 Å². The zero-order valence-corrected chi connectivity index (χ0v) is 11.7. The first-order valence-corrected chi connectivity index (χ1v) is 6.84. The first-order valence-electron chi connectivity index (χ1n) is 6.84. The number of likely N-dealkylation sites (tertiary alicyclic amines) is 1. The first kappa shape index (κ1) is 16.5. The lowest BCUT2D eigenvalue weighted by atomic mass is 9.99. The normalized spacial score (nSPS) is 19.1. The van der Waals surface area contributed by atoms with Crippen LogP contribution in [0.25, 0.3) is 0 Å². The van der Waals surface area contributed by atoms with Crippen LogP contribution in [-0.2, 0) is 6.18 Å². The maximum Gasteiger partial charge on any atom is 0.416 e. The van der Waals surface area contributed by atoms with Gasteiger partial charge in [-0.15, -0.1) is 0 Å². The van der Waals surface area contributed by atoms with Crippen molar-refractivity contribution in [1.82, 2.24) is 4.90 Å². The van der Waals surface area contributed by atoms with E-state index >= 15 is 0 Å². The van der Waals surface area contributed by atoms with Gasteiger partial charge in [0.05, 0.1) is 5.56 Å². The van der Waals surface area contributed by atoms with Crippen molar-refractivity contribution in [3.8, 4) is 0 Å². The third-order valence-corrected chi connectivity index (χ3v) is 3.54. The Kier molecular flexibility index (Phi) is 4.90. The van der Waals surface area contributed by atoms with Gasteiger partial charge in [0.2, 0.25) is 0 Å². The average Bonchev–Trinajstić information content (AvgIpc) is 2.45. The van der Waals surface area contributed by atoms with E-state index in [9.17, 15) is 22.4 Å². The van der Waals surface area contributed by atoms with E-state index < -0.39 is 23.6 Å². The fraction of sp³-hybridized carbons (Fsp3) is 0.500. The van der Waals surface area contributed by atoms with E-state index in [4.69, 9.17) is 5.11 Å². The highest BCUT2D eigenvalue weighted by atomic mass is 19.4. The number of urea groups is 1. The van der Waals surface area contributed by atoms with Crippen LogP contribution >= 0.6 is 0 Å². The van der Waals surface area contributed by atoms with Gasteiger partial charge in [0, 0.05) is 25.4 Å². The SMILES string of the molecule is O=C(Nc1cc(F)cc(C(F)(F)F)c1)N1CCCC(CO)C1. The zero-order chi connectivity index (χ0) is 16.3. The van der Waals surface area contributed by atoms with E-state index in [1.54, 1.807) is 0 Å². The number of carbonyl (C=O) groups is 1. The van der Waals surface area contributed by atoms with Crippen LogP contribution in [0.1, 0.15) is 18.4 Å². The number of anilines is 1. The number of amides is 2. The number of hydrogen-bond acceptors (Lipinski definition) is 2. The number of hydrogen-bond donors (Lipinski definition) is 2. The molecule has 1 heterocycles. The van der Waals surface area contributed by atoms with Crippen molar-refractivity contribution in [2.45, 2.75) is 19.0 Å². The fourth-order valence-corrected chi connectivity index (χ4v) is 2.43. The highest BCUT2D eigenvalue weighted by Crippen LogP contribution is 2.31. The second kappa shape index (κ2) is 6.51. The molecule has 1 aliphatic heterocycles. The summed E-state index contributed by atoms with van der Waals surface area (Å²) in [6, 6.07) is 1.30. The molecule has 1 aromatic carbocycles. The molecule has 22 heavy (non-hydrogen) atoms. The van der Waals surface area contributed by atoms with Crippen LogP contribution in [-0.4, -0.2) is 35.7 Å². The van der Waals surface area contributed by atoms with Gasteiger partial charge in [-0.1, -0.05) is 0 Å². The summed E-state index contributed by atoms with van der Waals surface area (Å²) in [4.78, 5) is 13.4. The van der Waals surface area contributed by atoms with E-state index in [2.05, 4.69) is 5.32 Å². The highest BCUT2D eigenvalue weighted by Gasteiger charge is 2.32. The topological polar surface area (TPSA) is 52.6 Å². The van der Waals surface area contributed by atoms with Crippen LogP contribution in [0.4, 0.5) is 28.0 Å². The molecule has 1 fully saturated rings. The van der Waals surface area contributed by atoms with Crippen molar-refractivity contribution in [2.75, 3.05) is 25.0 Å². The molecule has 0 bridgehead atoms. The predicted molar refractivity (Wildman–Crippen MR) is 71.8 cm³/mol. The van der Waals surface area contributed by atoms with Crippen molar-refractivity contribution >= 4 is 11.7 Å². The number of halogens is 4. The summed E-state index contributed by atoms with van der Waals surface area (Å²) in [6.45, 7) is 0.718. The van der Waals surface area contributed by atoms with Gasteiger partial charge in [0.15, 0.2) is 0 Å². The standard InChI is InChI=1S/C14H16F4N2O2/c15-11-4-10(14(16,17)18)5-12(6-11)19-13(22)20-3-1-2-9(7-20)8-21/h4-6,9,21H,1-3,7-8H2,(H,19,22). The van der Waals surface area contributed by atoms with E-state index in [1.165, 1.54) is 4.90 Å². The third-order valence-electron chi connectivity index (χ3n) is 3.54. The van der Waals surface area contributed by atoms with Crippen LogP contribution < -0.4 is 5.32 Å². The summed E-state index contributed by atoms with van der Waals surface area (Å²) < 4.78 is 51.1. The number of nitrogens with one attached hydrogen (secondary N) is 1. The van der Waals surface area contributed by atoms with Crippen molar-refractivity contribution < 1.29 is 27.5 Å². The van der Waals surface area contributed by atoms with E-state index in [0.717, 1.165) is 12.5 Å². The minimum atomic E-state index is -4.69. The lowest BCUT2D eigenvalue weighted by Gasteiger charge is -2.31. The smallest absolute Gasteiger partial charge is 0.396 e. The Morgan fingerprint density at radius 3 is 2.73 bits per heavy atom. The Bertz CT molecular complexity index is 548. The van der Waals surface area contributed by atoms with Crippen LogP contribution in [0.3, 0.4) is 0 Å². The molecule has 0 aliphatic carbocycles. The van der Waals surface area contributed by atoms with Gasteiger partial charge < -0.3 is 15.3 Å². The zero-order valence-electron chi connectivity index (χ0n) is 11.7. The monoisotopic (exact) mass is 320 g/mol. The first-order chi connectivity index (χ1) is 10.3. The molecule has 2 N–H and O–H groups in total. The van der Waals surface area contributed by atoms with Gasteiger partial charge in [-0.2, -0.15) is 13.2 Å². The van der Waals surface area contributed by atoms with Crippen LogP contribution in [0, 0.1) is 11.7 Å². The van der Waals surface area contributed by atoms with Crippen LogP contribution in [0.5, 0.6) is 0 Å². The Morgan fingerprint density at radius 1 is 1.36 bits per heavy atom. The van der Waals surface area contributed by atoms with E-state index in [1.807, 2.05) is 0 Å². The Morgan fingerprint density at radius 2 is 2.09 bits per heavy atom. The predicted octanol–water partition coefficient (Wildman–Crippen LogP) is 3.08. The third kappa shape index (κ3) is 4.09. The number of benzene rings is 1. The molecule has 8 heteroatoms. The minimum Gasteiger partial charge on any atom is -0.396 e. The number of carbonyl (C=O) groups excluding carboxylic acids is 1. The maximum absolute atomic E-state index is 13.3. The summed E-state index contributed by atoms with van der Waals surface area (Å²) in [5.74, 6) is -1.12. The second-order valence-electron chi connectivity index (χ2n) is 5.29. The molecule has 2 amide bonds. The number of piperidine rings is 1. The lowest BCUT2D eigenvalue weighted by molar-refractivity contribution is -0.137. The maximum atomic E-state index is 13.3.